The Kier molecular flexibility index (Phi) is 3.08. The van der Waals surface area contributed by atoms with Crippen molar-refractivity contribution in [1.29, 1.82) is 0 Å². The number of anilines is 2. The minimum absolute atomic E-state index is 0.768. The van der Waals surface area contributed by atoms with Crippen molar-refractivity contribution < 1.29 is 4.79 Å². The van der Waals surface area contributed by atoms with E-state index in [0.717, 1.165) is 31.2 Å². The van der Waals surface area contributed by atoms with Gasteiger partial charge in [-0.1, -0.05) is 17.7 Å². The Morgan fingerprint density at radius 1 is 1.11 bits per heavy atom. The molecule has 0 aromatic heterocycles. The molecule has 2 aromatic carbocycles. The number of carbonyl (C=O) groups is 1. The Morgan fingerprint density at radius 3 is 2.63 bits per heavy atom. The molecular formula is C17H17NO. The van der Waals surface area contributed by atoms with Crippen molar-refractivity contribution in [1.82, 2.24) is 0 Å². The van der Waals surface area contributed by atoms with E-state index in [4.69, 9.17) is 0 Å². The van der Waals surface area contributed by atoms with Crippen molar-refractivity contribution in [2.75, 3.05) is 11.4 Å². The molecule has 0 aliphatic carbocycles. The third kappa shape index (κ3) is 2.26. The second-order valence-corrected chi connectivity index (χ2v) is 5.10. The van der Waals surface area contributed by atoms with Crippen molar-refractivity contribution in [3.63, 3.8) is 0 Å². The summed E-state index contributed by atoms with van der Waals surface area (Å²) in [4.78, 5) is 13.2. The van der Waals surface area contributed by atoms with Crippen molar-refractivity contribution in [2.45, 2.75) is 19.8 Å². The number of fused-ring (bicyclic) bond motifs is 1. The molecular weight excluding hydrogens is 234 g/mol. The highest BCUT2D eigenvalue weighted by atomic mass is 16.1. The molecule has 2 nitrogen and oxygen atoms in total. The number of rotatable bonds is 2. The molecule has 19 heavy (non-hydrogen) atoms. The molecule has 0 saturated heterocycles. The SMILES string of the molecule is Cc1ccc(N2CCCc3cc(C=O)ccc32)cc1. The van der Waals surface area contributed by atoms with E-state index in [2.05, 4.69) is 42.2 Å². The van der Waals surface area contributed by atoms with Crippen LogP contribution in [0.2, 0.25) is 0 Å². The number of aryl methyl sites for hydroxylation is 2. The Labute approximate surface area is 113 Å². The zero-order valence-corrected chi connectivity index (χ0v) is 11.1. The average Bonchev–Trinajstić information content (AvgIpc) is 2.47. The van der Waals surface area contributed by atoms with Gasteiger partial charge in [0.15, 0.2) is 0 Å². The van der Waals surface area contributed by atoms with E-state index >= 15 is 0 Å². The van der Waals surface area contributed by atoms with E-state index in [1.54, 1.807) is 0 Å². The summed E-state index contributed by atoms with van der Waals surface area (Å²) < 4.78 is 0. The third-order valence-corrected chi connectivity index (χ3v) is 3.70. The van der Waals surface area contributed by atoms with E-state index in [0.29, 0.717) is 0 Å². The van der Waals surface area contributed by atoms with Gasteiger partial charge in [0.25, 0.3) is 0 Å². The van der Waals surface area contributed by atoms with E-state index in [1.165, 1.54) is 22.5 Å². The van der Waals surface area contributed by atoms with E-state index < -0.39 is 0 Å². The van der Waals surface area contributed by atoms with Crippen LogP contribution in [-0.2, 0) is 6.42 Å². The zero-order valence-electron chi connectivity index (χ0n) is 11.1. The first-order valence-electron chi connectivity index (χ1n) is 6.70. The van der Waals surface area contributed by atoms with Gasteiger partial charge in [0, 0.05) is 23.5 Å². The normalized spacial score (nSPS) is 14.1. The van der Waals surface area contributed by atoms with Gasteiger partial charge >= 0.3 is 0 Å². The Hall–Kier alpha value is -2.09. The molecule has 0 N–H and O–H groups in total. The van der Waals surface area contributed by atoms with Crippen molar-refractivity contribution in [2.24, 2.45) is 0 Å². The molecule has 3 rings (SSSR count). The van der Waals surface area contributed by atoms with Crippen LogP contribution in [0, 0.1) is 6.92 Å². The number of carbonyl (C=O) groups excluding carboxylic acids is 1. The van der Waals surface area contributed by atoms with Crippen molar-refractivity contribution in [3.8, 4) is 0 Å². The molecule has 1 heterocycles. The Balaban J connectivity index is 2.02. The number of hydrogen-bond donors (Lipinski definition) is 0. The topological polar surface area (TPSA) is 20.3 Å². The van der Waals surface area contributed by atoms with Crippen LogP contribution in [0.25, 0.3) is 0 Å². The average molecular weight is 251 g/mol. The summed E-state index contributed by atoms with van der Waals surface area (Å²) in [5.74, 6) is 0. The lowest BCUT2D eigenvalue weighted by Gasteiger charge is -2.31. The van der Waals surface area contributed by atoms with Crippen LogP contribution in [0.3, 0.4) is 0 Å². The van der Waals surface area contributed by atoms with Crippen LogP contribution in [0.4, 0.5) is 11.4 Å². The predicted octanol–water partition coefficient (Wildman–Crippen LogP) is 3.89. The summed E-state index contributed by atoms with van der Waals surface area (Å²) in [5, 5.41) is 0. The predicted molar refractivity (Wildman–Crippen MR) is 78.3 cm³/mol. The second-order valence-electron chi connectivity index (χ2n) is 5.10. The summed E-state index contributed by atoms with van der Waals surface area (Å²) in [5.41, 5.74) is 5.78. The maximum Gasteiger partial charge on any atom is 0.150 e. The summed E-state index contributed by atoms with van der Waals surface area (Å²) in [6.45, 7) is 3.14. The summed E-state index contributed by atoms with van der Waals surface area (Å²) in [7, 11) is 0. The van der Waals surface area contributed by atoms with Crippen LogP contribution in [-0.4, -0.2) is 12.8 Å². The quantitative estimate of drug-likeness (QED) is 0.755. The molecule has 1 aliphatic rings. The minimum Gasteiger partial charge on any atom is -0.341 e. The molecule has 0 bridgehead atoms. The standard InChI is InChI=1S/C17H17NO/c1-13-4-7-16(8-5-13)18-10-2-3-15-11-14(12-19)6-9-17(15)18/h4-9,11-12H,2-3,10H2,1H3. The largest absolute Gasteiger partial charge is 0.341 e. The number of hydrogen-bond acceptors (Lipinski definition) is 2. The highest BCUT2D eigenvalue weighted by molar-refractivity contribution is 5.78. The molecule has 0 amide bonds. The van der Waals surface area contributed by atoms with E-state index in [9.17, 15) is 4.79 Å². The van der Waals surface area contributed by atoms with Crippen LogP contribution in [0.1, 0.15) is 27.9 Å². The smallest absolute Gasteiger partial charge is 0.150 e. The molecule has 0 unspecified atom stereocenters. The maximum atomic E-state index is 10.9. The summed E-state index contributed by atoms with van der Waals surface area (Å²) >= 11 is 0. The minimum atomic E-state index is 0.768. The van der Waals surface area contributed by atoms with Crippen LogP contribution in [0.15, 0.2) is 42.5 Å². The Morgan fingerprint density at radius 2 is 1.89 bits per heavy atom. The lowest BCUT2D eigenvalue weighted by Crippen LogP contribution is -2.24. The molecule has 2 aromatic rings. The van der Waals surface area contributed by atoms with E-state index in [-0.39, 0.29) is 0 Å². The van der Waals surface area contributed by atoms with Crippen molar-refractivity contribution >= 4 is 17.7 Å². The number of benzene rings is 2. The molecule has 0 fully saturated rings. The Bertz CT molecular complexity index is 601. The molecule has 0 spiro atoms. The van der Waals surface area contributed by atoms with Gasteiger partial charge in [-0.3, -0.25) is 4.79 Å². The van der Waals surface area contributed by atoms with Crippen LogP contribution < -0.4 is 4.90 Å². The molecule has 1 aliphatic heterocycles. The first-order chi connectivity index (χ1) is 9.28. The first-order valence-corrected chi connectivity index (χ1v) is 6.70. The fraction of sp³-hybridized carbons (Fsp3) is 0.235. The van der Waals surface area contributed by atoms with Crippen LogP contribution in [0.5, 0.6) is 0 Å². The highest BCUT2D eigenvalue weighted by Crippen LogP contribution is 2.33. The molecule has 96 valence electrons. The monoisotopic (exact) mass is 251 g/mol. The van der Waals surface area contributed by atoms with Gasteiger partial charge in [0.05, 0.1) is 0 Å². The maximum absolute atomic E-state index is 10.9. The molecule has 0 saturated carbocycles. The van der Waals surface area contributed by atoms with Crippen molar-refractivity contribution in [3.05, 3.63) is 59.2 Å². The first kappa shape index (κ1) is 12.0. The lowest BCUT2D eigenvalue weighted by atomic mass is 9.99. The highest BCUT2D eigenvalue weighted by Gasteiger charge is 2.18. The zero-order chi connectivity index (χ0) is 13.2. The number of nitrogens with zero attached hydrogens (tertiary/aromatic N) is 1. The third-order valence-electron chi connectivity index (χ3n) is 3.70. The lowest BCUT2D eigenvalue weighted by molar-refractivity contribution is 0.112. The van der Waals surface area contributed by atoms with Gasteiger partial charge in [-0.25, -0.2) is 0 Å². The fourth-order valence-corrected chi connectivity index (χ4v) is 2.68. The summed E-state index contributed by atoms with van der Waals surface area (Å²) in [6.07, 6.45) is 3.10. The van der Waals surface area contributed by atoms with Crippen LogP contribution >= 0.6 is 0 Å². The van der Waals surface area contributed by atoms with Gasteiger partial charge in [-0.05, 0) is 55.7 Å². The molecule has 0 atom stereocenters. The number of aldehydes is 1. The van der Waals surface area contributed by atoms with Gasteiger partial charge < -0.3 is 4.90 Å². The fourth-order valence-electron chi connectivity index (χ4n) is 2.68. The van der Waals surface area contributed by atoms with E-state index in [1.807, 2.05) is 12.1 Å². The summed E-state index contributed by atoms with van der Waals surface area (Å²) in [6, 6.07) is 14.6. The van der Waals surface area contributed by atoms with Gasteiger partial charge in [-0.2, -0.15) is 0 Å². The molecule has 0 radical (unpaired) electrons. The second kappa shape index (κ2) is 4.88. The van der Waals surface area contributed by atoms with Gasteiger partial charge in [0.2, 0.25) is 0 Å². The molecule has 2 heteroatoms. The van der Waals surface area contributed by atoms with Gasteiger partial charge in [0.1, 0.15) is 6.29 Å². The van der Waals surface area contributed by atoms with Gasteiger partial charge in [-0.15, -0.1) is 0 Å².